The van der Waals surface area contributed by atoms with E-state index in [2.05, 4.69) is 15.1 Å². The number of allylic oxidation sites excluding steroid dienone is 1. The number of nitrogens with one attached hydrogen (secondary N) is 1. The van der Waals surface area contributed by atoms with Crippen LogP contribution in [-0.2, 0) is 16.1 Å². The van der Waals surface area contributed by atoms with E-state index < -0.39 is 5.91 Å². The molecule has 0 radical (unpaired) electrons. The van der Waals surface area contributed by atoms with Gasteiger partial charge < -0.3 is 24.7 Å². The third kappa shape index (κ3) is 5.65. The second kappa shape index (κ2) is 10.8. The molecule has 0 saturated heterocycles. The minimum atomic E-state index is -0.419. The number of aromatic nitrogens is 2. The van der Waals surface area contributed by atoms with Gasteiger partial charge in [0.15, 0.2) is 17.3 Å². The highest BCUT2D eigenvalue weighted by molar-refractivity contribution is 6.07. The normalized spacial score (nSPS) is 12.1. The summed E-state index contributed by atoms with van der Waals surface area (Å²) in [5.74, 6) is 0.713. The Bertz CT molecular complexity index is 1450. The quantitative estimate of drug-likeness (QED) is 0.210. The van der Waals surface area contributed by atoms with Crippen LogP contribution >= 0.6 is 0 Å². The number of nitrogens with zero attached hydrogens (tertiary/aromatic N) is 2. The van der Waals surface area contributed by atoms with Crippen molar-refractivity contribution in [3.8, 4) is 22.8 Å². The Hall–Kier alpha value is -4.96. The number of amides is 1. The monoisotopic (exact) mass is 499 g/mol. The molecule has 5 rings (SSSR count). The lowest BCUT2D eigenvalue weighted by Crippen LogP contribution is -2.29. The van der Waals surface area contributed by atoms with E-state index in [1.165, 1.54) is 6.08 Å². The Kier molecular flexibility index (Phi) is 6.91. The molecule has 37 heavy (non-hydrogen) atoms. The Morgan fingerprint density at radius 1 is 1.03 bits per heavy atom. The zero-order valence-corrected chi connectivity index (χ0v) is 19.5. The van der Waals surface area contributed by atoms with Crippen molar-refractivity contribution in [3.63, 3.8) is 0 Å². The van der Waals surface area contributed by atoms with Crippen LogP contribution in [0.2, 0.25) is 0 Å². The number of anilines is 1. The summed E-state index contributed by atoms with van der Waals surface area (Å²) < 4.78 is 20.7. The van der Waals surface area contributed by atoms with E-state index in [9.17, 15) is 14.8 Å². The van der Waals surface area contributed by atoms with Gasteiger partial charge in [0, 0.05) is 22.0 Å². The lowest BCUT2D eigenvalue weighted by atomic mass is 10.1. The number of carbonyl (C=O) groups excluding carboxylic acids is 2. The predicted octanol–water partition coefficient (Wildman–Crippen LogP) is 3.76. The van der Waals surface area contributed by atoms with E-state index in [-0.39, 0.29) is 36.4 Å². The first kappa shape index (κ1) is 23.8. The fourth-order valence-corrected chi connectivity index (χ4v) is 3.64. The molecule has 1 aliphatic heterocycles. The van der Waals surface area contributed by atoms with Gasteiger partial charge in [0.05, 0.1) is 0 Å². The van der Waals surface area contributed by atoms with Crippen molar-refractivity contribution in [3.05, 3.63) is 101 Å². The van der Waals surface area contributed by atoms with Gasteiger partial charge >= 0.3 is 0 Å². The third-order valence-corrected chi connectivity index (χ3v) is 5.50. The number of rotatable bonds is 9. The summed E-state index contributed by atoms with van der Waals surface area (Å²) in [6.45, 7) is -0.264. The Balaban J connectivity index is 1.12. The Morgan fingerprint density at radius 3 is 2.62 bits per heavy atom. The van der Waals surface area contributed by atoms with Crippen LogP contribution in [0.1, 0.15) is 21.6 Å². The lowest BCUT2D eigenvalue weighted by Gasteiger charge is -2.06. The second-order valence-electron chi connectivity index (χ2n) is 8.02. The molecule has 0 unspecified atom stereocenters. The first-order valence-electron chi connectivity index (χ1n) is 11.3. The van der Waals surface area contributed by atoms with Crippen molar-refractivity contribution in [2.75, 3.05) is 18.7 Å². The number of benzene rings is 3. The fraction of sp³-hybridized carbons (Fsp3) is 0.111. The van der Waals surface area contributed by atoms with Crippen LogP contribution in [-0.4, -0.2) is 30.2 Å². The summed E-state index contributed by atoms with van der Waals surface area (Å²) >= 11 is 0. The highest BCUT2D eigenvalue weighted by atomic mass is 16.8. The molecule has 1 aliphatic rings. The molecular formula is C27H21N3O7. The summed E-state index contributed by atoms with van der Waals surface area (Å²) in [5.41, 5.74) is 2.99. The molecule has 2 heterocycles. The number of carbonyl (C=O) groups is 2. The first-order valence-corrected chi connectivity index (χ1v) is 11.3. The molecule has 1 N–H and O–H groups in total. The fourth-order valence-electron chi connectivity index (χ4n) is 3.64. The molecule has 10 heteroatoms. The van der Waals surface area contributed by atoms with Gasteiger partial charge in [-0.05, 0) is 52.9 Å². The van der Waals surface area contributed by atoms with Crippen LogP contribution in [0.5, 0.6) is 11.5 Å². The zero-order chi connectivity index (χ0) is 25.6. The number of ether oxygens (including phenoxy) is 3. The van der Waals surface area contributed by atoms with E-state index in [0.29, 0.717) is 34.0 Å². The number of hydrogen-bond acceptors (Lipinski definition) is 8. The second-order valence-corrected chi connectivity index (χ2v) is 8.02. The van der Waals surface area contributed by atoms with E-state index in [1.807, 2.05) is 24.3 Å². The average molecular weight is 499 g/mol. The van der Waals surface area contributed by atoms with Gasteiger partial charge in [0.25, 0.3) is 5.69 Å². The molecular weight excluding hydrogens is 478 g/mol. The minimum Gasteiger partial charge on any atom is -0.454 e. The van der Waals surface area contributed by atoms with Crippen LogP contribution in [0.3, 0.4) is 0 Å². The summed E-state index contributed by atoms with van der Waals surface area (Å²) in [7, 11) is 0. The van der Waals surface area contributed by atoms with Crippen molar-refractivity contribution in [2.45, 2.75) is 6.61 Å². The summed E-state index contributed by atoms with van der Waals surface area (Å²) in [5, 5.41) is 18.4. The lowest BCUT2D eigenvalue weighted by molar-refractivity contribution is -0.809. The van der Waals surface area contributed by atoms with Gasteiger partial charge in [0.1, 0.15) is 13.2 Å². The summed E-state index contributed by atoms with van der Waals surface area (Å²) in [6.07, 6.45) is 3.16. The van der Waals surface area contributed by atoms with Crippen molar-refractivity contribution < 1.29 is 33.3 Å². The van der Waals surface area contributed by atoms with Crippen LogP contribution in [0, 0.1) is 5.21 Å². The highest BCUT2D eigenvalue weighted by Gasteiger charge is 2.21. The standard InChI is InChI=1S/C27H21N3O7/c31-23(12-6-18-7-13-24-25(14-18)36-17-35-24)19-8-10-21(11-9-19)28-26(32)16-34-15-22-27(29-37-30(22)33)20-4-2-1-3-5-20/h1-14H,15-17H2,(H,28,32)/b12-6+. The van der Waals surface area contributed by atoms with Crippen LogP contribution in [0.4, 0.5) is 5.69 Å². The van der Waals surface area contributed by atoms with Gasteiger partial charge in [-0.3, -0.25) is 14.2 Å². The molecule has 0 atom stereocenters. The van der Waals surface area contributed by atoms with Gasteiger partial charge in [-0.1, -0.05) is 42.5 Å². The number of hydrogen-bond donors (Lipinski definition) is 1. The van der Waals surface area contributed by atoms with Gasteiger partial charge in [-0.15, -0.1) is 0 Å². The van der Waals surface area contributed by atoms with Crippen molar-refractivity contribution in [2.24, 2.45) is 0 Å². The molecule has 10 nitrogen and oxygen atoms in total. The highest BCUT2D eigenvalue weighted by Crippen LogP contribution is 2.32. The Labute approximate surface area is 211 Å². The average Bonchev–Trinajstić information content (AvgIpc) is 3.54. The molecule has 0 saturated carbocycles. The summed E-state index contributed by atoms with van der Waals surface area (Å²) in [6, 6.07) is 20.9. The van der Waals surface area contributed by atoms with Crippen molar-refractivity contribution in [1.82, 2.24) is 5.16 Å². The van der Waals surface area contributed by atoms with Crippen LogP contribution in [0.25, 0.3) is 17.3 Å². The maximum absolute atomic E-state index is 12.5. The molecule has 0 fully saturated rings. The Morgan fingerprint density at radius 2 is 1.81 bits per heavy atom. The van der Waals surface area contributed by atoms with Crippen LogP contribution < -0.4 is 19.7 Å². The molecule has 1 aromatic heterocycles. The molecule has 4 aromatic rings. The van der Waals surface area contributed by atoms with Gasteiger partial charge in [-0.25, -0.2) is 0 Å². The number of ketones is 1. The molecule has 0 aliphatic carbocycles. The minimum absolute atomic E-state index is 0.159. The van der Waals surface area contributed by atoms with Gasteiger partial charge in [0.2, 0.25) is 18.4 Å². The maximum atomic E-state index is 12.5. The topological polar surface area (TPSA) is 127 Å². The van der Waals surface area contributed by atoms with Crippen molar-refractivity contribution >= 4 is 23.5 Å². The largest absolute Gasteiger partial charge is 0.454 e. The maximum Gasteiger partial charge on any atom is 0.253 e. The summed E-state index contributed by atoms with van der Waals surface area (Å²) in [4.78, 5) is 25.0. The molecule has 3 aromatic carbocycles. The smallest absolute Gasteiger partial charge is 0.253 e. The van der Waals surface area contributed by atoms with Gasteiger partial charge in [-0.2, -0.15) is 0 Å². The number of fused-ring (bicyclic) bond motifs is 1. The van der Waals surface area contributed by atoms with E-state index in [4.69, 9.17) is 14.2 Å². The van der Waals surface area contributed by atoms with Crippen LogP contribution in [0.15, 0.2) is 83.5 Å². The van der Waals surface area contributed by atoms with E-state index in [1.54, 1.807) is 54.6 Å². The third-order valence-electron chi connectivity index (χ3n) is 5.50. The molecule has 1 amide bonds. The van der Waals surface area contributed by atoms with E-state index >= 15 is 0 Å². The molecule has 0 bridgehead atoms. The molecule has 186 valence electrons. The van der Waals surface area contributed by atoms with Crippen molar-refractivity contribution in [1.29, 1.82) is 0 Å². The zero-order valence-electron chi connectivity index (χ0n) is 19.5. The van der Waals surface area contributed by atoms with E-state index in [0.717, 1.165) is 5.56 Å². The predicted molar refractivity (Wildman–Crippen MR) is 132 cm³/mol. The first-order chi connectivity index (χ1) is 18.1. The SMILES string of the molecule is O=C(COCc1c(-c2ccccc2)no[n+]1[O-])Nc1ccc(C(=O)/C=C/c2ccc3c(c2)OCO3)cc1. The molecule has 0 spiro atoms.